The monoisotopic (exact) mass is 463 g/mol. The number of unbranched alkanes of at least 4 members (excludes halogenated alkanes) is 1. The van der Waals surface area contributed by atoms with Gasteiger partial charge in [0.25, 0.3) is 0 Å². The molecule has 0 radical (unpaired) electrons. The summed E-state index contributed by atoms with van der Waals surface area (Å²) >= 11 is 0. The molecule has 0 aliphatic carbocycles. The molecular weight excluding hydrogens is 429 g/mol. The molecular formula is C19H34IN3O2. The van der Waals surface area contributed by atoms with Gasteiger partial charge < -0.3 is 20.1 Å². The van der Waals surface area contributed by atoms with Crippen molar-refractivity contribution in [2.24, 2.45) is 4.99 Å². The molecule has 144 valence electrons. The summed E-state index contributed by atoms with van der Waals surface area (Å²) in [6.45, 7) is 7.27. The fourth-order valence-electron chi connectivity index (χ4n) is 2.06. The Balaban J connectivity index is 0.00000576. The van der Waals surface area contributed by atoms with Gasteiger partial charge in [0.15, 0.2) is 5.96 Å². The van der Waals surface area contributed by atoms with Gasteiger partial charge in [-0.25, -0.2) is 0 Å². The number of ether oxygens (including phenoxy) is 2. The lowest BCUT2D eigenvalue weighted by atomic mass is 10.1. The van der Waals surface area contributed by atoms with E-state index in [9.17, 15) is 0 Å². The molecule has 0 amide bonds. The number of rotatable bonds is 11. The molecule has 0 aromatic heterocycles. The van der Waals surface area contributed by atoms with Crippen LogP contribution in [0.1, 0.15) is 32.3 Å². The standard InChI is InChI=1S/C19H33N3O2.HI/c1-19(2,23-4)16-22-18(20-3)21-13-8-9-14-24-15-12-17-10-6-5-7-11-17;/h5-7,10-11H,8-9,12-16H2,1-4H3,(H2,20,21,22);1H. The molecule has 5 nitrogen and oxygen atoms in total. The molecule has 0 fully saturated rings. The number of hydrogen-bond donors (Lipinski definition) is 2. The Labute approximate surface area is 170 Å². The van der Waals surface area contributed by atoms with Gasteiger partial charge in [0, 0.05) is 33.9 Å². The highest BCUT2D eigenvalue weighted by Gasteiger charge is 2.16. The smallest absolute Gasteiger partial charge is 0.191 e. The number of nitrogens with zero attached hydrogens (tertiary/aromatic N) is 1. The third-order valence-electron chi connectivity index (χ3n) is 3.84. The van der Waals surface area contributed by atoms with E-state index in [0.29, 0.717) is 6.54 Å². The molecule has 1 aromatic carbocycles. The van der Waals surface area contributed by atoms with Crippen molar-refractivity contribution in [3.05, 3.63) is 35.9 Å². The lowest BCUT2D eigenvalue weighted by molar-refractivity contribution is 0.0268. The first kappa shape index (κ1) is 24.1. The third kappa shape index (κ3) is 12.2. The summed E-state index contributed by atoms with van der Waals surface area (Å²) in [6, 6.07) is 10.4. The average Bonchev–Trinajstić information content (AvgIpc) is 2.60. The fourth-order valence-corrected chi connectivity index (χ4v) is 2.06. The lowest BCUT2D eigenvalue weighted by Gasteiger charge is -2.24. The normalized spacial score (nSPS) is 11.8. The molecule has 0 bridgehead atoms. The van der Waals surface area contributed by atoms with E-state index in [2.05, 4.69) is 39.9 Å². The van der Waals surface area contributed by atoms with Crippen molar-refractivity contribution in [2.45, 2.75) is 38.7 Å². The van der Waals surface area contributed by atoms with Gasteiger partial charge in [-0.15, -0.1) is 24.0 Å². The Hall–Kier alpha value is -0.860. The van der Waals surface area contributed by atoms with Gasteiger partial charge in [-0.2, -0.15) is 0 Å². The van der Waals surface area contributed by atoms with Crippen LogP contribution in [0.4, 0.5) is 0 Å². The van der Waals surface area contributed by atoms with Crippen LogP contribution in [0, 0.1) is 0 Å². The predicted octanol–water partition coefficient (Wildman–Crippen LogP) is 3.23. The van der Waals surface area contributed by atoms with Crippen molar-refractivity contribution in [2.75, 3.05) is 40.5 Å². The van der Waals surface area contributed by atoms with Crippen LogP contribution in [0.25, 0.3) is 0 Å². The number of hydrogen-bond acceptors (Lipinski definition) is 3. The van der Waals surface area contributed by atoms with Crippen LogP contribution < -0.4 is 10.6 Å². The maximum atomic E-state index is 5.69. The second-order valence-electron chi connectivity index (χ2n) is 6.37. The second kappa shape index (κ2) is 14.3. The van der Waals surface area contributed by atoms with E-state index in [1.807, 2.05) is 19.9 Å². The van der Waals surface area contributed by atoms with E-state index in [0.717, 1.165) is 45.0 Å². The maximum absolute atomic E-state index is 5.69. The van der Waals surface area contributed by atoms with Gasteiger partial charge in [0.05, 0.1) is 12.2 Å². The molecule has 1 aromatic rings. The Morgan fingerprint density at radius 3 is 2.44 bits per heavy atom. The highest BCUT2D eigenvalue weighted by Crippen LogP contribution is 2.04. The highest BCUT2D eigenvalue weighted by molar-refractivity contribution is 14.0. The van der Waals surface area contributed by atoms with Crippen molar-refractivity contribution in [1.29, 1.82) is 0 Å². The number of aliphatic imine (C=N–C) groups is 1. The Kier molecular flexibility index (Phi) is 13.8. The van der Waals surface area contributed by atoms with Crippen LogP contribution in [-0.2, 0) is 15.9 Å². The minimum atomic E-state index is -0.204. The first-order valence-electron chi connectivity index (χ1n) is 8.69. The molecule has 0 spiro atoms. The van der Waals surface area contributed by atoms with Gasteiger partial charge in [0.2, 0.25) is 0 Å². The Morgan fingerprint density at radius 2 is 1.80 bits per heavy atom. The predicted molar refractivity (Wildman–Crippen MR) is 116 cm³/mol. The zero-order valence-electron chi connectivity index (χ0n) is 16.0. The average molecular weight is 463 g/mol. The largest absolute Gasteiger partial charge is 0.381 e. The number of nitrogens with one attached hydrogen (secondary N) is 2. The van der Waals surface area contributed by atoms with Gasteiger partial charge in [-0.05, 0) is 38.7 Å². The summed E-state index contributed by atoms with van der Waals surface area (Å²) in [5, 5.41) is 6.58. The molecule has 0 aliphatic rings. The topological polar surface area (TPSA) is 54.9 Å². The van der Waals surface area contributed by atoms with Crippen molar-refractivity contribution in [1.82, 2.24) is 10.6 Å². The molecule has 6 heteroatoms. The summed E-state index contributed by atoms with van der Waals surface area (Å²) in [5.74, 6) is 0.810. The number of benzene rings is 1. The lowest BCUT2D eigenvalue weighted by Crippen LogP contribution is -2.45. The van der Waals surface area contributed by atoms with Crippen molar-refractivity contribution in [3.63, 3.8) is 0 Å². The fraction of sp³-hybridized carbons (Fsp3) is 0.632. The maximum Gasteiger partial charge on any atom is 0.191 e. The van der Waals surface area contributed by atoms with E-state index in [-0.39, 0.29) is 29.6 Å². The summed E-state index contributed by atoms with van der Waals surface area (Å²) in [6.07, 6.45) is 3.08. The third-order valence-corrected chi connectivity index (χ3v) is 3.84. The number of guanidine groups is 1. The van der Waals surface area contributed by atoms with Crippen molar-refractivity contribution in [3.8, 4) is 0 Å². The zero-order chi connectivity index (χ0) is 17.7. The van der Waals surface area contributed by atoms with Crippen LogP contribution in [-0.4, -0.2) is 52.0 Å². The quantitative estimate of drug-likeness (QED) is 0.229. The first-order chi connectivity index (χ1) is 11.6. The summed E-state index contributed by atoms with van der Waals surface area (Å²) in [4.78, 5) is 4.21. The molecule has 0 heterocycles. The summed E-state index contributed by atoms with van der Waals surface area (Å²) < 4.78 is 11.1. The molecule has 0 saturated heterocycles. The van der Waals surface area contributed by atoms with E-state index in [1.165, 1.54) is 5.56 Å². The van der Waals surface area contributed by atoms with Crippen LogP contribution in [0.5, 0.6) is 0 Å². The molecule has 0 unspecified atom stereocenters. The molecule has 0 aliphatic heterocycles. The SMILES string of the molecule is CN=C(NCCCCOCCc1ccccc1)NCC(C)(C)OC.I. The number of methoxy groups -OCH3 is 1. The van der Waals surface area contributed by atoms with Gasteiger partial charge in [0.1, 0.15) is 0 Å². The summed E-state index contributed by atoms with van der Waals surface area (Å²) in [5.41, 5.74) is 1.12. The van der Waals surface area contributed by atoms with E-state index >= 15 is 0 Å². The van der Waals surface area contributed by atoms with Crippen LogP contribution in [0.15, 0.2) is 35.3 Å². The molecule has 0 saturated carbocycles. The summed E-state index contributed by atoms with van der Waals surface area (Å²) in [7, 11) is 3.50. The van der Waals surface area contributed by atoms with Crippen LogP contribution in [0.2, 0.25) is 0 Å². The second-order valence-corrected chi connectivity index (χ2v) is 6.37. The van der Waals surface area contributed by atoms with E-state index in [1.54, 1.807) is 14.2 Å². The first-order valence-corrected chi connectivity index (χ1v) is 8.69. The molecule has 1 rings (SSSR count). The van der Waals surface area contributed by atoms with Crippen LogP contribution >= 0.6 is 24.0 Å². The van der Waals surface area contributed by atoms with E-state index < -0.39 is 0 Å². The van der Waals surface area contributed by atoms with E-state index in [4.69, 9.17) is 9.47 Å². The van der Waals surface area contributed by atoms with Crippen LogP contribution in [0.3, 0.4) is 0 Å². The van der Waals surface area contributed by atoms with Gasteiger partial charge in [-0.3, -0.25) is 4.99 Å². The van der Waals surface area contributed by atoms with Gasteiger partial charge in [-0.1, -0.05) is 30.3 Å². The molecule has 25 heavy (non-hydrogen) atoms. The minimum Gasteiger partial charge on any atom is -0.381 e. The van der Waals surface area contributed by atoms with Crippen molar-refractivity contribution >= 4 is 29.9 Å². The highest BCUT2D eigenvalue weighted by atomic mass is 127. The number of halogens is 1. The van der Waals surface area contributed by atoms with Crippen molar-refractivity contribution < 1.29 is 9.47 Å². The van der Waals surface area contributed by atoms with Gasteiger partial charge >= 0.3 is 0 Å². The Morgan fingerprint density at radius 1 is 1.08 bits per heavy atom. The Bertz CT molecular complexity index is 467. The molecule has 2 N–H and O–H groups in total. The molecule has 0 atom stereocenters. The minimum absolute atomic E-state index is 0. The zero-order valence-corrected chi connectivity index (χ0v) is 18.3.